The van der Waals surface area contributed by atoms with E-state index in [-0.39, 0.29) is 96.5 Å². The van der Waals surface area contributed by atoms with Gasteiger partial charge in [0.05, 0.1) is 31.3 Å². The number of rotatable bonds is 38. The van der Waals surface area contributed by atoms with Crippen LogP contribution in [0.1, 0.15) is 292 Å². The van der Waals surface area contributed by atoms with Crippen molar-refractivity contribution in [2.45, 2.75) is 316 Å². The molecule has 3 aliphatic rings. The highest BCUT2D eigenvalue weighted by Gasteiger charge is 2.37. The zero-order valence-corrected chi connectivity index (χ0v) is 63.0. The molecule has 0 aliphatic carbocycles. The monoisotopic (exact) mass is 1410 g/mol. The van der Waals surface area contributed by atoms with Crippen molar-refractivity contribution in [1.29, 1.82) is 0 Å². The summed E-state index contributed by atoms with van der Waals surface area (Å²) in [4.78, 5) is 98.7. The van der Waals surface area contributed by atoms with Crippen LogP contribution in [0.15, 0.2) is 11.5 Å². The fraction of sp³-hybridized carbons (Fsp3) is 0.883. The van der Waals surface area contributed by atoms with E-state index in [1.165, 1.54) is 57.8 Å². The normalized spacial score (nSPS) is 22.4. The number of carbonyl (C=O) groups is 7. The van der Waals surface area contributed by atoms with Crippen molar-refractivity contribution in [2.24, 2.45) is 11.8 Å². The van der Waals surface area contributed by atoms with E-state index in [1.807, 2.05) is 16.8 Å². The van der Waals surface area contributed by atoms with Crippen molar-refractivity contribution in [3.8, 4) is 0 Å². The molecular weight excluding hydrogens is 1270 g/mol. The lowest BCUT2D eigenvalue weighted by Gasteiger charge is -2.36. The van der Waals surface area contributed by atoms with Gasteiger partial charge in [0, 0.05) is 26.2 Å². The molecule has 99 heavy (non-hydrogen) atoms. The average molecular weight is 1410 g/mol. The molecule has 6 unspecified atom stereocenters. The average Bonchev–Trinajstić information content (AvgIpc) is 0.925. The summed E-state index contributed by atoms with van der Waals surface area (Å²) in [6.07, 6.45) is 30.5. The fourth-order valence-corrected chi connectivity index (χ4v) is 13.2. The topological polar surface area (TPSA) is 240 Å². The minimum Gasteiger partial charge on any atom is -0.462 e. The fourth-order valence-electron chi connectivity index (χ4n) is 13.2. The largest absolute Gasteiger partial charge is 0.508 e. The highest BCUT2D eigenvalue weighted by molar-refractivity contribution is 5.71. The summed E-state index contributed by atoms with van der Waals surface area (Å²) in [5.74, 6) is -1.26. The maximum absolute atomic E-state index is 13.4. The van der Waals surface area contributed by atoms with Gasteiger partial charge in [-0.1, -0.05) is 170 Å². The van der Waals surface area contributed by atoms with E-state index in [2.05, 4.69) is 46.4 Å². The molecule has 3 heterocycles. The number of hydrogen-bond acceptors (Lipinski definition) is 22. The molecule has 22 nitrogen and oxygen atoms in total. The van der Waals surface area contributed by atoms with Gasteiger partial charge >= 0.3 is 42.3 Å². The second kappa shape index (κ2) is 58.4. The third-order valence-electron chi connectivity index (χ3n) is 19.3. The maximum atomic E-state index is 13.4. The predicted molar refractivity (Wildman–Crippen MR) is 382 cm³/mol. The van der Waals surface area contributed by atoms with E-state index in [0.29, 0.717) is 110 Å². The van der Waals surface area contributed by atoms with Gasteiger partial charge in [0.25, 0.3) is 5.95 Å². The summed E-state index contributed by atoms with van der Waals surface area (Å²) in [6.45, 7) is 15.9. The van der Waals surface area contributed by atoms with Crippen LogP contribution >= 0.6 is 0 Å². The summed E-state index contributed by atoms with van der Waals surface area (Å²) in [5.41, 5.74) is 0.780. The van der Waals surface area contributed by atoms with Crippen LogP contribution in [0.2, 0.25) is 0 Å². The number of carbonyl (C=O) groups excluding carboxylic acids is 7. The Kier molecular flexibility index (Phi) is 52.0. The van der Waals surface area contributed by atoms with Crippen LogP contribution < -0.4 is 0 Å². The maximum Gasteiger partial charge on any atom is 0.508 e. The van der Waals surface area contributed by atoms with Crippen LogP contribution in [-0.2, 0) is 76.0 Å². The molecule has 574 valence electrons. The Morgan fingerprint density at radius 1 is 0.354 bits per heavy atom. The summed E-state index contributed by atoms with van der Waals surface area (Å²) in [7, 11) is 2.01. The van der Waals surface area contributed by atoms with Gasteiger partial charge in [-0.25, -0.2) is 14.4 Å². The Morgan fingerprint density at radius 3 is 1.13 bits per heavy atom. The summed E-state index contributed by atoms with van der Waals surface area (Å²) >= 11 is 0. The Balaban J connectivity index is 1.64. The number of hydrogen-bond donors (Lipinski definition) is 0. The molecule has 1 fully saturated rings. The quantitative estimate of drug-likeness (QED) is 0.0317. The molecule has 0 amide bonds. The van der Waals surface area contributed by atoms with E-state index >= 15 is 0 Å². The zero-order valence-electron chi connectivity index (χ0n) is 63.0. The van der Waals surface area contributed by atoms with E-state index in [0.717, 1.165) is 121 Å². The van der Waals surface area contributed by atoms with Crippen LogP contribution in [-0.4, -0.2) is 194 Å². The van der Waals surface area contributed by atoms with E-state index in [1.54, 1.807) is 0 Å². The summed E-state index contributed by atoms with van der Waals surface area (Å²) < 4.78 is 69.8. The third-order valence-corrected chi connectivity index (χ3v) is 19.3. The Bertz CT molecular complexity index is 2170. The Morgan fingerprint density at radius 2 is 0.707 bits per heavy atom. The standard InChI is InChI=1S/C77H137N3O19/c1-8-14-18-22-26-30-36-65-41-40-63(12-5)67(37-31-27-23-19-15-9-2)98-76(86)94-60-56-90-72(83)44-53-80(51-43-71(82)89-55-59-93-75(85)96-65)49-35-47-78(7)46-34-48-79-50-42-70(81)88-54-58-92-74-66(62-64(13-6)68(97-74)38-32-28-24-20-16-10-3)69(39-33-29-25-21-17-11-4)99-77(87)95-61-57-91-73(84)45-52-79/h63-65,67-69H,8-62H2,1-7H3. The molecule has 6 atom stereocenters. The molecule has 0 bridgehead atoms. The molecule has 3 aliphatic heterocycles. The molecule has 0 spiro atoms. The number of nitrogens with zero attached hydrogens (tertiary/aromatic N) is 3. The van der Waals surface area contributed by atoms with Crippen LogP contribution in [0.5, 0.6) is 0 Å². The van der Waals surface area contributed by atoms with Crippen LogP contribution in [0.3, 0.4) is 0 Å². The minimum atomic E-state index is -0.850. The summed E-state index contributed by atoms with van der Waals surface area (Å²) in [5, 5.41) is 0. The highest BCUT2D eigenvalue weighted by Crippen LogP contribution is 2.38. The smallest absolute Gasteiger partial charge is 0.462 e. The molecule has 0 N–H and O–H groups in total. The third kappa shape index (κ3) is 44.1. The molecule has 0 radical (unpaired) electrons. The van der Waals surface area contributed by atoms with E-state index < -0.39 is 60.7 Å². The molecule has 3 rings (SSSR count). The predicted octanol–water partition coefficient (Wildman–Crippen LogP) is 16.5. The number of cyclic esters (lactones) is 10. The van der Waals surface area contributed by atoms with Gasteiger partial charge in [-0.3, -0.25) is 19.2 Å². The van der Waals surface area contributed by atoms with Gasteiger partial charge in [-0.2, -0.15) is 0 Å². The molecule has 1 saturated heterocycles. The molecule has 0 aromatic heterocycles. The molecule has 0 aromatic carbocycles. The second-order valence-corrected chi connectivity index (χ2v) is 27.5. The first-order valence-corrected chi connectivity index (χ1v) is 39.5. The lowest BCUT2D eigenvalue weighted by atomic mass is 9.84. The van der Waals surface area contributed by atoms with Gasteiger partial charge in [-0.15, -0.1) is 0 Å². The van der Waals surface area contributed by atoms with Gasteiger partial charge in [0.15, 0.2) is 0 Å². The van der Waals surface area contributed by atoms with Crippen molar-refractivity contribution in [3.05, 3.63) is 11.5 Å². The van der Waals surface area contributed by atoms with Crippen LogP contribution in [0.25, 0.3) is 0 Å². The summed E-state index contributed by atoms with van der Waals surface area (Å²) in [6, 6.07) is 0. The number of unbranched alkanes of at least 4 members (excludes halogenated alkanes) is 20. The van der Waals surface area contributed by atoms with Crippen LogP contribution in [0, 0.1) is 11.8 Å². The lowest BCUT2D eigenvalue weighted by molar-refractivity contribution is -0.147. The van der Waals surface area contributed by atoms with Crippen molar-refractivity contribution in [1.82, 2.24) is 14.7 Å². The lowest BCUT2D eigenvalue weighted by Crippen LogP contribution is -2.35. The second-order valence-electron chi connectivity index (χ2n) is 27.5. The van der Waals surface area contributed by atoms with Crippen molar-refractivity contribution < 1.29 is 90.4 Å². The molecular formula is C77H137N3O19. The van der Waals surface area contributed by atoms with Crippen molar-refractivity contribution in [2.75, 3.05) is 112 Å². The van der Waals surface area contributed by atoms with Gasteiger partial charge in [-0.05, 0) is 141 Å². The Hall–Kier alpha value is -5.09. The van der Waals surface area contributed by atoms with Crippen molar-refractivity contribution in [3.63, 3.8) is 0 Å². The van der Waals surface area contributed by atoms with Gasteiger partial charge < -0.3 is 71.5 Å². The first-order chi connectivity index (χ1) is 48.2. The first kappa shape index (κ1) is 88.1. The zero-order chi connectivity index (χ0) is 71.8. The number of esters is 4. The Labute approximate surface area is 597 Å². The van der Waals surface area contributed by atoms with Crippen LogP contribution in [0.4, 0.5) is 14.4 Å². The highest BCUT2D eigenvalue weighted by atomic mass is 16.7. The molecule has 22 heteroatoms. The van der Waals surface area contributed by atoms with Gasteiger partial charge in [0.2, 0.25) is 0 Å². The van der Waals surface area contributed by atoms with E-state index in [9.17, 15) is 33.6 Å². The van der Waals surface area contributed by atoms with Gasteiger partial charge in [0.1, 0.15) is 77.3 Å². The SMILES string of the molecule is CCCCCCCCC1CCC(CC)C(CCCCCCCC)OC(=O)OCCOC(=O)CCN(CCCN(C)CCCN2CCC(=O)OCCOC(=O)OC(CCCCCCCC)C3=C(OCCOC(=O)CC2)OC(CCCCCCCC)C(CC)C3)CCC(=O)OCCOC(=O)O1. The molecule has 0 aromatic rings. The van der Waals surface area contributed by atoms with E-state index in [4.69, 9.17) is 56.8 Å². The first-order valence-electron chi connectivity index (χ1n) is 39.5. The minimum absolute atomic E-state index is 0.000846. The van der Waals surface area contributed by atoms with Crippen molar-refractivity contribution >= 4 is 42.3 Å². The molecule has 0 saturated carbocycles. The number of ether oxygens (including phenoxy) is 12.